The van der Waals surface area contributed by atoms with Gasteiger partial charge in [-0.1, -0.05) is 22.0 Å². The Morgan fingerprint density at radius 1 is 1.57 bits per heavy atom. The summed E-state index contributed by atoms with van der Waals surface area (Å²) in [5.41, 5.74) is 5.35. The molecule has 0 saturated carbocycles. The summed E-state index contributed by atoms with van der Waals surface area (Å²) in [7, 11) is 1.63. The monoisotopic (exact) mass is 356 g/mol. The molecule has 3 N–H and O–H groups in total. The van der Waals surface area contributed by atoms with Crippen molar-refractivity contribution in [3.8, 4) is 5.75 Å². The number of nitrogens with zero attached hydrogens (tertiary/aromatic N) is 1. The maximum atomic E-state index is 11.1. The van der Waals surface area contributed by atoms with Gasteiger partial charge in [0.2, 0.25) is 5.91 Å². The minimum Gasteiger partial charge on any atom is -0.497 e. The third kappa shape index (κ3) is 4.43. The number of carbonyl (C=O) groups is 1. The van der Waals surface area contributed by atoms with Crippen molar-refractivity contribution < 1.29 is 14.6 Å². The highest BCUT2D eigenvalue weighted by molar-refractivity contribution is 9.10. The second-order valence-corrected chi connectivity index (χ2v) is 6.49. The molecule has 0 aliphatic carbocycles. The van der Waals surface area contributed by atoms with Gasteiger partial charge in [-0.15, -0.1) is 0 Å². The topological polar surface area (TPSA) is 75.8 Å². The highest BCUT2D eigenvalue weighted by Gasteiger charge is 2.34. The van der Waals surface area contributed by atoms with Gasteiger partial charge >= 0.3 is 0 Å². The van der Waals surface area contributed by atoms with Gasteiger partial charge in [-0.3, -0.25) is 9.69 Å². The Bertz CT molecular complexity index is 524. The summed E-state index contributed by atoms with van der Waals surface area (Å²) in [6.07, 6.45) is 1.50. The molecule has 6 heteroatoms. The van der Waals surface area contributed by atoms with Gasteiger partial charge in [0.1, 0.15) is 5.75 Å². The molecule has 1 heterocycles. The molecule has 1 fully saturated rings. The van der Waals surface area contributed by atoms with E-state index in [0.29, 0.717) is 19.5 Å². The van der Waals surface area contributed by atoms with Crippen molar-refractivity contribution in [3.05, 3.63) is 28.2 Å². The van der Waals surface area contributed by atoms with Gasteiger partial charge in [-0.25, -0.2) is 0 Å². The van der Waals surface area contributed by atoms with Gasteiger partial charge < -0.3 is 15.6 Å². The van der Waals surface area contributed by atoms with Crippen LogP contribution in [0, 0.1) is 0 Å². The number of methoxy groups -OCH3 is 1. The molecule has 21 heavy (non-hydrogen) atoms. The zero-order chi connectivity index (χ0) is 15.5. The van der Waals surface area contributed by atoms with E-state index in [2.05, 4.69) is 20.8 Å². The number of carbonyl (C=O) groups excluding carboxylic acids is 1. The summed E-state index contributed by atoms with van der Waals surface area (Å²) in [4.78, 5) is 13.2. The van der Waals surface area contributed by atoms with E-state index in [1.54, 1.807) is 7.11 Å². The van der Waals surface area contributed by atoms with Crippen LogP contribution in [-0.4, -0.2) is 41.7 Å². The number of likely N-dealkylation sites (tertiary alicyclic amines) is 1. The maximum absolute atomic E-state index is 11.1. The first kappa shape index (κ1) is 16.3. The fourth-order valence-corrected chi connectivity index (χ4v) is 3.32. The van der Waals surface area contributed by atoms with E-state index in [1.807, 2.05) is 18.2 Å². The molecule has 1 aromatic rings. The molecule has 1 amide bonds. The van der Waals surface area contributed by atoms with Gasteiger partial charge in [0.25, 0.3) is 0 Å². The number of primary amides is 1. The molecule has 2 rings (SSSR count). The van der Waals surface area contributed by atoms with Crippen molar-refractivity contribution in [3.63, 3.8) is 0 Å². The first-order valence-electron chi connectivity index (χ1n) is 6.97. The largest absolute Gasteiger partial charge is 0.497 e. The van der Waals surface area contributed by atoms with Gasteiger partial charge in [-0.05, 0) is 37.1 Å². The van der Waals surface area contributed by atoms with Gasteiger partial charge in [0, 0.05) is 17.6 Å². The zero-order valence-electron chi connectivity index (χ0n) is 12.1. The van der Waals surface area contributed by atoms with Gasteiger partial charge in [-0.2, -0.15) is 0 Å². The average Bonchev–Trinajstić information content (AvgIpc) is 2.39. The van der Waals surface area contributed by atoms with Crippen LogP contribution in [0.4, 0.5) is 0 Å². The predicted molar refractivity (Wildman–Crippen MR) is 84.0 cm³/mol. The van der Waals surface area contributed by atoms with Crippen LogP contribution in [-0.2, 0) is 11.3 Å². The molecule has 1 unspecified atom stereocenters. The number of piperidine rings is 1. The first-order valence-corrected chi connectivity index (χ1v) is 7.77. The number of hydrogen-bond donors (Lipinski definition) is 2. The summed E-state index contributed by atoms with van der Waals surface area (Å²) >= 11 is 3.54. The van der Waals surface area contributed by atoms with Crippen molar-refractivity contribution in [2.24, 2.45) is 5.73 Å². The van der Waals surface area contributed by atoms with Gasteiger partial charge in [0.05, 0.1) is 19.1 Å². The molecule has 1 aliphatic heterocycles. The fourth-order valence-electron chi connectivity index (χ4n) is 2.83. The molecule has 0 radical (unpaired) electrons. The second-order valence-electron chi connectivity index (χ2n) is 5.64. The molecular formula is C15H21BrN2O3. The van der Waals surface area contributed by atoms with E-state index in [4.69, 9.17) is 10.5 Å². The van der Waals surface area contributed by atoms with Crippen LogP contribution in [0.2, 0.25) is 0 Å². The van der Waals surface area contributed by atoms with Crippen LogP contribution in [0.5, 0.6) is 5.75 Å². The van der Waals surface area contributed by atoms with E-state index >= 15 is 0 Å². The lowest BCUT2D eigenvalue weighted by Crippen LogP contribution is -2.49. The van der Waals surface area contributed by atoms with E-state index in [9.17, 15) is 9.90 Å². The summed E-state index contributed by atoms with van der Waals surface area (Å²) in [6.45, 7) is 2.08. The van der Waals surface area contributed by atoms with E-state index in [1.165, 1.54) is 0 Å². The number of ether oxygens (including phenoxy) is 1. The number of halogens is 1. The molecule has 0 spiro atoms. The maximum Gasteiger partial charge on any atom is 0.220 e. The highest BCUT2D eigenvalue weighted by atomic mass is 79.9. The minimum absolute atomic E-state index is 0.0211. The molecule has 5 nitrogen and oxygen atoms in total. The van der Waals surface area contributed by atoms with Crippen molar-refractivity contribution in [1.29, 1.82) is 0 Å². The van der Waals surface area contributed by atoms with Crippen LogP contribution in [0.3, 0.4) is 0 Å². The Morgan fingerprint density at radius 2 is 2.33 bits per heavy atom. The number of hydrogen-bond acceptors (Lipinski definition) is 4. The molecular weight excluding hydrogens is 336 g/mol. The highest BCUT2D eigenvalue weighted by Crippen LogP contribution is 2.28. The molecule has 1 atom stereocenters. The van der Waals surface area contributed by atoms with Gasteiger partial charge in [0.15, 0.2) is 0 Å². The number of β-amino-alcohol motifs (C(OH)–C–C–N with tert-alkyl or cyclic N) is 1. The lowest BCUT2D eigenvalue weighted by molar-refractivity contribution is -0.125. The van der Waals surface area contributed by atoms with E-state index in [-0.39, 0.29) is 6.42 Å². The second kappa shape index (κ2) is 6.77. The Hall–Kier alpha value is -1.11. The quantitative estimate of drug-likeness (QED) is 0.841. The third-order valence-electron chi connectivity index (χ3n) is 3.79. The Labute approximate surface area is 133 Å². The standard InChI is InChI=1S/C15H21BrN2O3/c1-21-12-4-3-11(13(16)7-12)9-18-6-2-5-15(20,10-18)8-14(17)19/h3-4,7,20H,2,5-6,8-10H2,1H3,(H2,17,19). The fraction of sp³-hybridized carbons (Fsp3) is 0.533. The Morgan fingerprint density at radius 3 is 2.95 bits per heavy atom. The number of nitrogens with two attached hydrogens (primary N) is 1. The van der Waals surface area contributed by atoms with Crippen molar-refractivity contribution in [2.75, 3.05) is 20.2 Å². The SMILES string of the molecule is COc1ccc(CN2CCCC(O)(CC(N)=O)C2)c(Br)c1. The third-order valence-corrected chi connectivity index (χ3v) is 4.53. The summed E-state index contributed by atoms with van der Waals surface area (Å²) in [5, 5.41) is 10.5. The van der Waals surface area contributed by atoms with Crippen molar-refractivity contribution in [2.45, 2.75) is 31.4 Å². The Balaban J connectivity index is 2.04. The van der Waals surface area contributed by atoms with Crippen LogP contribution in [0.1, 0.15) is 24.8 Å². The zero-order valence-corrected chi connectivity index (χ0v) is 13.7. The lowest BCUT2D eigenvalue weighted by atomic mass is 9.89. The predicted octanol–water partition coefficient (Wildman–Crippen LogP) is 1.66. The number of amides is 1. The Kier molecular flexibility index (Phi) is 5.24. The first-order chi connectivity index (χ1) is 9.92. The van der Waals surface area contributed by atoms with Crippen LogP contribution >= 0.6 is 15.9 Å². The average molecular weight is 357 g/mol. The minimum atomic E-state index is -0.997. The van der Waals surface area contributed by atoms with Crippen molar-refractivity contribution in [1.82, 2.24) is 4.90 Å². The molecule has 116 valence electrons. The van der Waals surface area contributed by atoms with E-state index in [0.717, 1.165) is 28.8 Å². The number of rotatable bonds is 5. The lowest BCUT2D eigenvalue weighted by Gasteiger charge is -2.38. The summed E-state index contributed by atoms with van der Waals surface area (Å²) < 4.78 is 6.16. The molecule has 1 aliphatic rings. The van der Waals surface area contributed by atoms with E-state index < -0.39 is 11.5 Å². The smallest absolute Gasteiger partial charge is 0.220 e. The van der Waals surface area contributed by atoms with Crippen LogP contribution < -0.4 is 10.5 Å². The summed E-state index contributed by atoms with van der Waals surface area (Å²) in [5.74, 6) is 0.347. The molecule has 0 bridgehead atoms. The van der Waals surface area contributed by atoms with Crippen LogP contribution in [0.15, 0.2) is 22.7 Å². The summed E-state index contributed by atoms with van der Waals surface area (Å²) in [6, 6.07) is 5.85. The molecule has 0 aromatic heterocycles. The normalized spacial score (nSPS) is 23.0. The van der Waals surface area contributed by atoms with Crippen molar-refractivity contribution >= 4 is 21.8 Å². The number of aliphatic hydroxyl groups is 1. The molecule has 1 aromatic carbocycles. The molecule has 1 saturated heterocycles. The van der Waals surface area contributed by atoms with Crippen LogP contribution in [0.25, 0.3) is 0 Å². The number of benzene rings is 1.